The van der Waals surface area contributed by atoms with Crippen molar-refractivity contribution in [3.63, 3.8) is 0 Å². The number of nitrogens with zero attached hydrogens (tertiary/aromatic N) is 4. The van der Waals surface area contributed by atoms with Gasteiger partial charge in [-0.05, 0) is 44.1 Å². The Morgan fingerprint density at radius 3 is 2.59 bits per heavy atom. The van der Waals surface area contributed by atoms with E-state index in [-0.39, 0.29) is 23.0 Å². The second-order valence-corrected chi connectivity index (χ2v) is 8.76. The molecule has 0 atom stereocenters. The second kappa shape index (κ2) is 6.05. The number of aryl methyl sites for hydroxylation is 1. The van der Waals surface area contributed by atoms with Gasteiger partial charge >= 0.3 is 11.4 Å². The minimum Gasteiger partial charge on any atom is -0.295 e. The number of hydrogen-bond acceptors (Lipinski definition) is 5. The van der Waals surface area contributed by atoms with Crippen molar-refractivity contribution in [1.82, 2.24) is 23.9 Å². The van der Waals surface area contributed by atoms with Gasteiger partial charge in [0, 0.05) is 17.5 Å². The number of H-pyrrole nitrogens is 1. The highest BCUT2D eigenvalue weighted by Crippen LogP contribution is 2.35. The monoisotopic (exact) mass is 387 g/mol. The third-order valence-electron chi connectivity index (χ3n) is 5.83. The summed E-state index contributed by atoms with van der Waals surface area (Å²) in [4.78, 5) is 42.2. The lowest BCUT2D eigenvalue weighted by Gasteiger charge is -2.26. The van der Waals surface area contributed by atoms with E-state index in [1.54, 1.807) is 0 Å². The summed E-state index contributed by atoms with van der Waals surface area (Å²) in [6, 6.07) is 0.0405. The van der Waals surface area contributed by atoms with Crippen LogP contribution in [0.4, 0.5) is 0 Å². The minimum atomic E-state index is -0.283. The molecule has 2 saturated carbocycles. The molecule has 0 aromatic carbocycles. The topological polar surface area (TPSA) is 94.7 Å². The summed E-state index contributed by atoms with van der Waals surface area (Å²) in [7, 11) is 0. The molecule has 0 amide bonds. The summed E-state index contributed by atoms with van der Waals surface area (Å²) in [6.45, 7) is 2.88. The maximum atomic E-state index is 13.1. The minimum absolute atomic E-state index is 0.0405. The van der Waals surface area contributed by atoms with Crippen molar-refractivity contribution < 1.29 is 0 Å². The van der Waals surface area contributed by atoms with Gasteiger partial charge in [0.1, 0.15) is 11.2 Å². The molecule has 3 aromatic heterocycles. The first-order chi connectivity index (χ1) is 13.0. The van der Waals surface area contributed by atoms with Crippen LogP contribution in [0.5, 0.6) is 0 Å². The predicted octanol–water partition coefficient (Wildman–Crippen LogP) is 1.60. The number of aromatic nitrogens is 5. The number of rotatable bonds is 5. The lowest BCUT2D eigenvalue weighted by molar-refractivity contribution is 0.274. The van der Waals surface area contributed by atoms with Gasteiger partial charge in [-0.15, -0.1) is 11.3 Å². The van der Waals surface area contributed by atoms with E-state index < -0.39 is 0 Å². The maximum Gasteiger partial charge on any atom is 0.343 e. The normalized spacial score (nSPS) is 17.5. The Kier molecular flexibility index (Phi) is 3.75. The van der Waals surface area contributed by atoms with E-state index in [0.29, 0.717) is 24.4 Å². The molecule has 3 aromatic rings. The molecule has 2 aliphatic carbocycles. The van der Waals surface area contributed by atoms with Crippen LogP contribution in [-0.4, -0.2) is 23.9 Å². The largest absolute Gasteiger partial charge is 0.343 e. The number of thiophene rings is 1. The van der Waals surface area contributed by atoms with Crippen molar-refractivity contribution in [2.45, 2.75) is 58.2 Å². The van der Waals surface area contributed by atoms with Gasteiger partial charge in [-0.2, -0.15) is 5.10 Å². The highest BCUT2D eigenvalue weighted by Gasteiger charge is 2.31. The Morgan fingerprint density at radius 1 is 1.22 bits per heavy atom. The van der Waals surface area contributed by atoms with Crippen molar-refractivity contribution in [1.29, 1.82) is 0 Å². The third-order valence-corrected chi connectivity index (χ3v) is 7.13. The fourth-order valence-electron chi connectivity index (χ4n) is 3.84. The molecule has 0 radical (unpaired) electrons. The fourth-order valence-corrected chi connectivity index (χ4v) is 5.12. The zero-order valence-electron chi connectivity index (χ0n) is 15.1. The molecule has 0 spiro atoms. The van der Waals surface area contributed by atoms with E-state index in [1.807, 2.05) is 11.5 Å². The standard InChI is InChI=1S/C18H21N5O3S/c1-10-13(8-22-17(25)19-9-20-22)27-16-14(10)15(24)23(12-5-6-12)18(26)21(16)7-11-3-2-4-11/h9,11-12H,2-8H2,1H3,(H,19,20,25). The number of fused-ring (bicyclic) bond motifs is 1. The van der Waals surface area contributed by atoms with E-state index in [4.69, 9.17) is 0 Å². The van der Waals surface area contributed by atoms with Crippen molar-refractivity contribution in [2.75, 3.05) is 0 Å². The van der Waals surface area contributed by atoms with Crippen molar-refractivity contribution in [3.05, 3.63) is 48.1 Å². The Labute approximate surface area is 158 Å². The Bertz CT molecular complexity index is 1200. The zero-order chi connectivity index (χ0) is 18.7. The molecule has 2 aliphatic rings. The molecule has 142 valence electrons. The Morgan fingerprint density at radius 2 is 2.00 bits per heavy atom. The van der Waals surface area contributed by atoms with Gasteiger partial charge in [-0.1, -0.05) is 6.42 Å². The predicted molar refractivity (Wildman–Crippen MR) is 103 cm³/mol. The fraction of sp³-hybridized carbons (Fsp3) is 0.556. The Hall–Kier alpha value is -2.42. The average Bonchev–Trinajstić information content (AvgIpc) is 3.26. The number of nitrogens with one attached hydrogen (secondary N) is 1. The lowest BCUT2D eigenvalue weighted by atomic mass is 9.85. The molecule has 0 bridgehead atoms. The van der Waals surface area contributed by atoms with Gasteiger partial charge < -0.3 is 0 Å². The van der Waals surface area contributed by atoms with Crippen LogP contribution in [0.15, 0.2) is 20.7 Å². The highest BCUT2D eigenvalue weighted by molar-refractivity contribution is 7.18. The first kappa shape index (κ1) is 16.7. The first-order valence-corrected chi connectivity index (χ1v) is 10.2. The van der Waals surface area contributed by atoms with E-state index in [0.717, 1.165) is 41.0 Å². The molecule has 1 N–H and O–H groups in total. The molecule has 3 heterocycles. The van der Waals surface area contributed by atoms with Crippen LogP contribution in [-0.2, 0) is 13.1 Å². The summed E-state index contributed by atoms with van der Waals surface area (Å²) in [5.74, 6) is 0.510. The SMILES string of the molecule is Cc1c(Cn2nc[nH]c2=O)sc2c1c(=O)n(C1CC1)c(=O)n2CC1CCC1. The molecule has 0 saturated heterocycles. The van der Waals surface area contributed by atoms with Crippen LogP contribution < -0.4 is 16.9 Å². The molecule has 9 heteroatoms. The molecule has 0 aliphatic heterocycles. The van der Waals surface area contributed by atoms with Crippen LogP contribution in [0.25, 0.3) is 10.2 Å². The Balaban J connectivity index is 1.72. The van der Waals surface area contributed by atoms with Gasteiger partial charge in [0.2, 0.25) is 0 Å². The summed E-state index contributed by atoms with van der Waals surface area (Å²) < 4.78 is 4.62. The molecule has 8 nitrogen and oxygen atoms in total. The average molecular weight is 387 g/mol. The van der Waals surface area contributed by atoms with E-state index in [1.165, 1.54) is 33.3 Å². The number of aromatic amines is 1. The number of hydrogen-bond donors (Lipinski definition) is 1. The van der Waals surface area contributed by atoms with Gasteiger partial charge in [0.05, 0.1) is 11.9 Å². The van der Waals surface area contributed by atoms with Gasteiger partial charge in [-0.3, -0.25) is 18.9 Å². The quantitative estimate of drug-likeness (QED) is 0.719. The summed E-state index contributed by atoms with van der Waals surface area (Å²) in [5, 5.41) is 4.64. The van der Waals surface area contributed by atoms with Crippen molar-refractivity contribution in [2.24, 2.45) is 5.92 Å². The molecular formula is C18H21N5O3S. The third kappa shape index (κ3) is 2.63. The van der Waals surface area contributed by atoms with Gasteiger partial charge in [0.25, 0.3) is 5.56 Å². The molecule has 27 heavy (non-hydrogen) atoms. The zero-order valence-corrected chi connectivity index (χ0v) is 15.9. The molecule has 2 fully saturated rings. The van der Waals surface area contributed by atoms with Crippen LogP contribution in [0.3, 0.4) is 0 Å². The highest BCUT2D eigenvalue weighted by atomic mass is 32.1. The lowest BCUT2D eigenvalue weighted by Crippen LogP contribution is -2.40. The molecule has 0 unspecified atom stereocenters. The van der Waals surface area contributed by atoms with Crippen LogP contribution in [0.2, 0.25) is 0 Å². The van der Waals surface area contributed by atoms with Gasteiger partial charge in [-0.25, -0.2) is 14.3 Å². The smallest absolute Gasteiger partial charge is 0.295 e. The van der Waals surface area contributed by atoms with E-state index in [2.05, 4.69) is 10.1 Å². The van der Waals surface area contributed by atoms with Crippen molar-refractivity contribution >= 4 is 21.6 Å². The summed E-state index contributed by atoms with van der Waals surface area (Å²) in [5.41, 5.74) is 0.212. The first-order valence-electron chi connectivity index (χ1n) is 9.42. The van der Waals surface area contributed by atoms with Gasteiger partial charge in [0.15, 0.2) is 0 Å². The van der Waals surface area contributed by atoms with Crippen LogP contribution in [0, 0.1) is 12.8 Å². The van der Waals surface area contributed by atoms with Crippen LogP contribution >= 0.6 is 11.3 Å². The van der Waals surface area contributed by atoms with E-state index >= 15 is 0 Å². The molecular weight excluding hydrogens is 366 g/mol. The van der Waals surface area contributed by atoms with E-state index in [9.17, 15) is 14.4 Å². The molecule has 5 rings (SSSR count). The van der Waals surface area contributed by atoms with Crippen LogP contribution in [0.1, 0.15) is 48.6 Å². The summed E-state index contributed by atoms with van der Waals surface area (Å²) >= 11 is 1.44. The van der Waals surface area contributed by atoms with Crippen molar-refractivity contribution in [3.8, 4) is 0 Å². The second-order valence-electron chi connectivity index (χ2n) is 7.68. The summed E-state index contributed by atoms with van der Waals surface area (Å²) in [6.07, 6.45) is 6.62. The maximum absolute atomic E-state index is 13.1.